The van der Waals surface area contributed by atoms with Gasteiger partial charge in [-0.3, -0.25) is 14.6 Å². The molecule has 5 nitrogen and oxygen atoms in total. The van der Waals surface area contributed by atoms with E-state index < -0.39 is 17.8 Å². The van der Waals surface area contributed by atoms with Gasteiger partial charge in [0.15, 0.2) is 0 Å². The van der Waals surface area contributed by atoms with Gasteiger partial charge < -0.3 is 10.4 Å². The summed E-state index contributed by atoms with van der Waals surface area (Å²) in [5.41, 5.74) is 0.657. The number of carbonyl (C=O) groups excluding carboxylic acids is 1. The van der Waals surface area contributed by atoms with Crippen LogP contribution in [0.4, 0.5) is 5.69 Å². The number of aliphatic carboxylic acids is 1. The average Bonchev–Trinajstić information content (AvgIpc) is 2.84. The smallest absolute Gasteiger partial charge is 0.307 e. The Hall–Kier alpha value is -1.91. The number of carboxylic acids is 1. The number of amides is 1. The number of nitrogens with zero attached hydrogens (tertiary/aromatic N) is 1. The van der Waals surface area contributed by atoms with Gasteiger partial charge in [-0.15, -0.1) is 0 Å². The van der Waals surface area contributed by atoms with Gasteiger partial charge in [-0.25, -0.2) is 0 Å². The average molecular weight is 262 g/mol. The molecule has 0 aliphatic heterocycles. The van der Waals surface area contributed by atoms with Crippen molar-refractivity contribution in [3.05, 3.63) is 24.5 Å². The molecule has 0 radical (unpaired) electrons. The van der Waals surface area contributed by atoms with Crippen LogP contribution in [0.5, 0.6) is 0 Å². The van der Waals surface area contributed by atoms with Crippen LogP contribution in [0.15, 0.2) is 24.5 Å². The van der Waals surface area contributed by atoms with E-state index in [4.69, 9.17) is 0 Å². The summed E-state index contributed by atoms with van der Waals surface area (Å²) in [6.45, 7) is 2.03. The molecule has 2 N–H and O–H groups in total. The lowest BCUT2D eigenvalue weighted by molar-refractivity contribution is -0.145. The van der Waals surface area contributed by atoms with E-state index in [-0.39, 0.29) is 5.91 Å². The van der Waals surface area contributed by atoms with Crippen LogP contribution in [-0.2, 0) is 9.59 Å². The van der Waals surface area contributed by atoms with Crippen molar-refractivity contribution in [2.24, 2.45) is 17.8 Å². The van der Waals surface area contributed by atoms with Crippen molar-refractivity contribution in [1.29, 1.82) is 0 Å². The van der Waals surface area contributed by atoms with E-state index in [0.29, 0.717) is 24.4 Å². The Kier molecular flexibility index (Phi) is 4.14. The Morgan fingerprint density at radius 3 is 2.53 bits per heavy atom. The third kappa shape index (κ3) is 3.10. The monoisotopic (exact) mass is 262 g/mol. The number of carbonyl (C=O) groups is 2. The summed E-state index contributed by atoms with van der Waals surface area (Å²) >= 11 is 0. The zero-order valence-electron chi connectivity index (χ0n) is 10.9. The molecule has 1 saturated carbocycles. The predicted molar refractivity (Wildman–Crippen MR) is 70.5 cm³/mol. The highest BCUT2D eigenvalue weighted by molar-refractivity contribution is 5.95. The minimum Gasteiger partial charge on any atom is -0.481 e. The molecule has 1 aliphatic rings. The van der Waals surface area contributed by atoms with E-state index in [1.54, 1.807) is 24.5 Å². The van der Waals surface area contributed by atoms with E-state index in [1.165, 1.54) is 0 Å². The van der Waals surface area contributed by atoms with Gasteiger partial charge in [0.2, 0.25) is 5.91 Å². The minimum absolute atomic E-state index is 0.199. The fraction of sp³-hybridized carbons (Fsp3) is 0.500. The van der Waals surface area contributed by atoms with Crippen LogP contribution < -0.4 is 5.32 Å². The largest absolute Gasteiger partial charge is 0.481 e. The molecule has 1 amide bonds. The summed E-state index contributed by atoms with van der Waals surface area (Å²) in [6, 6.07) is 3.39. The number of aromatic nitrogens is 1. The van der Waals surface area contributed by atoms with Gasteiger partial charge in [0, 0.05) is 18.1 Å². The van der Waals surface area contributed by atoms with Crippen LogP contribution in [0.2, 0.25) is 0 Å². The fourth-order valence-corrected chi connectivity index (χ4v) is 2.71. The first-order chi connectivity index (χ1) is 9.11. The third-order valence-corrected chi connectivity index (χ3v) is 3.84. The second-order valence-corrected chi connectivity index (χ2v) is 5.02. The van der Waals surface area contributed by atoms with Crippen molar-refractivity contribution in [1.82, 2.24) is 4.98 Å². The zero-order valence-corrected chi connectivity index (χ0v) is 10.9. The van der Waals surface area contributed by atoms with Gasteiger partial charge in [0.25, 0.3) is 0 Å². The van der Waals surface area contributed by atoms with Gasteiger partial charge >= 0.3 is 5.97 Å². The summed E-state index contributed by atoms with van der Waals surface area (Å²) in [6.07, 6.45) is 5.36. The second kappa shape index (κ2) is 5.82. The fourth-order valence-electron chi connectivity index (χ4n) is 2.71. The summed E-state index contributed by atoms with van der Waals surface area (Å²) in [5.74, 6) is -1.74. The highest BCUT2D eigenvalue weighted by Crippen LogP contribution is 2.38. The standard InChI is InChI=1S/C14H18N2O3/c1-2-9-7-11(12(8-9)14(18)19)13(17)16-10-3-5-15-6-4-10/h3-6,9,11-12H,2,7-8H2,1H3,(H,18,19)(H,15,16,17)/t9?,11-,12+/m0/s1. The lowest BCUT2D eigenvalue weighted by Gasteiger charge is -2.15. The van der Waals surface area contributed by atoms with Gasteiger partial charge in [0.05, 0.1) is 11.8 Å². The maximum Gasteiger partial charge on any atom is 0.307 e. The Balaban J connectivity index is 2.07. The molecule has 0 spiro atoms. The summed E-state index contributed by atoms with van der Waals surface area (Å²) < 4.78 is 0. The molecule has 0 aromatic carbocycles. The predicted octanol–water partition coefficient (Wildman–Crippen LogP) is 2.16. The van der Waals surface area contributed by atoms with E-state index >= 15 is 0 Å². The molecule has 0 bridgehead atoms. The Labute approximate surface area is 112 Å². The van der Waals surface area contributed by atoms with Crippen LogP contribution in [0.25, 0.3) is 0 Å². The third-order valence-electron chi connectivity index (χ3n) is 3.84. The number of rotatable bonds is 4. The van der Waals surface area contributed by atoms with Crippen molar-refractivity contribution in [2.45, 2.75) is 26.2 Å². The van der Waals surface area contributed by atoms with E-state index in [2.05, 4.69) is 10.3 Å². The molecule has 1 unspecified atom stereocenters. The highest BCUT2D eigenvalue weighted by atomic mass is 16.4. The zero-order chi connectivity index (χ0) is 13.8. The first-order valence-electron chi connectivity index (χ1n) is 6.55. The SMILES string of the molecule is CCC1C[C@H](C(=O)Nc2ccncc2)[C@H](C(=O)O)C1. The molecule has 3 atom stereocenters. The summed E-state index contributed by atoms with van der Waals surface area (Å²) in [4.78, 5) is 27.3. The lowest BCUT2D eigenvalue weighted by Crippen LogP contribution is -2.29. The van der Waals surface area contributed by atoms with Crippen LogP contribution in [0.3, 0.4) is 0 Å². The van der Waals surface area contributed by atoms with Crippen LogP contribution in [-0.4, -0.2) is 22.0 Å². The van der Waals surface area contributed by atoms with Crippen molar-refractivity contribution < 1.29 is 14.7 Å². The first kappa shape index (κ1) is 13.5. The van der Waals surface area contributed by atoms with Crippen LogP contribution in [0, 0.1) is 17.8 Å². The molecule has 0 saturated heterocycles. The highest BCUT2D eigenvalue weighted by Gasteiger charge is 2.42. The Bertz CT molecular complexity index is 461. The normalized spacial score (nSPS) is 26.1. The number of hydrogen-bond acceptors (Lipinski definition) is 3. The summed E-state index contributed by atoms with van der Waals surface area (Å²) in [5, 5.41) is 12.0. The number of nitrogens with one attached hydrogen (secondary N) is 1. The van der Waals surface area contributed by atoms with Crippen molar-refractivity contribution in [3.63, 3.8) is 0 Å². The molecule has 1 aromatic heterocycles. The molecule has 5 heteroatoms. The van der Waals surface area contributed by atoms with E-state index in [9.17, 15) is 14.7 Å². The molecular weight excluding hydrogens is 244 g/mol. The molecule has 1 fully saturated rings. The molecule has 19 heavy (non-hydrogen) atoms. The van der Waals surface area contributed by atoms with Crippen molar-refractivity contribution in [2.75, 3.05) is 5.32 Å². The molecule has 1 aliphatic carbocycles. The number of pyridine rings is 1. The maximum absolute atomic E-state index is 12.2. The molecular formula is C14H18N2O3. The molecule has 1 heterocycles. The van der Waals surface area contributed by atoms with E-state index in [0.717, 1.165) is 6.42 Å². The van der Waals surface area contributed by atoms with Crippen LogP contribution in [0.1, 0.15) is 26.2 Å². The number of anilines is 1. The summed E-state index contributed by atoms with van der Waals surface area (Å²) in [7, 11) is 0. The second-order valence-electron chi connectivity index (χ2n) is 5.02. The minimum atomic E-state index is -0.870. The van der Waals surface area contributed by atoms with Gasteiger partial charge in [-0.2, -0.15) is 0 Å². The maximum atomic E-state index is 12.2. The molecule has 1 aromatic rings. The van der Waals surface area contributed by atoms with Gasteiger partial charge in [0.1, 0.15) is 0 Å². The molecule has 2 rings (SSSR count). The Morgan fingerprint density at radius 1 is 1.32 bits per heavy atom. The number of hydrogen-bond donors (Lipinski definition) is 2. The topological polar surface area (TPSA) is 79.3 Å². The van der Waals surface area contributed by atoms with E-state index in [1.807, 2.05) is 6.92 Å². The van der Waals surface area contributed by atoms with Crippen molar-refractivity contribution in [3.8, 4) is 0 Å². The molecule has 102 valence electrons. The van der Waals surface area contributed by atoms with Crippen LogP contribution >= 0.6 is 0 Å². The van der Waals surface area contributed by atoms with Gasteiger partial charge in [-0.05, 0) is 30.9 Å². The quantitative estimate of drug-likeness (QED) is 0.871. The first-order valence-corrected chi connectivity index (χ1v) is 6.55. The van der Waals surface area contributed by atoms with Crippen molar-refractivity contribution >= 4 is 17.6 Å². The lowest BCUT2D eigenvalue weighted by atomic mass is 9.95. The Morgan fingerprint density at radius 2 is 1.95 bits per heavy atom. The number of carboxylic acid groups (broad SMARTS) is 1. The van der Waals surface area contributed by atoms with Gasteiger partial charge in [-0.1, -0.05) is 13.3 Å².